The monoisotopic (exact) mass is 363 g/mol. The summed E-state index contributed by atoms with van der Waals surface area (Å²) in [5.74, 6) is 0.598. The number of nitrogens with zero attached hydrogens (tertiary/aromatic N) is 2. The molecular weight excluding hydrogens is 351 g/mol. The number of nitrogen functional groups attached to an aromatic ring is 1. The van der Waals surface area contributed by atoms with E-state index in [0.717, 1.165) is 0 Å². The molecule has 0 fully saturated rings. The Kier molecular flexibility index (Phi) is 4.97. The summed E-state index contributed by atoms with van der Waals surface area (Å²) in [7, 11) is 2.78. The summed E-state index contributed by atoms with van der Waals surface area (Å²) >= 11 is 0.203. The van der Waals surface area contributed by atoms with Crippen LogP contribution < -0.4 is 25.8 Å². The highest BCUT2D eigenvalue weighted by Crippen LogP contribution is 2.35. The predicted molar refractivity (Wildman–Crippen MR) is 81.5 cm³/mol. The number of rotatable bonds is 4. The third-order valence-electron chi connectivity index (χ3n) is 2.69. The van der Waals surface area contributed by atoms with Crippen molar-refractivity contribution in [1.29, 1.82) is 0 Å². The molecule has 8 nitrogen and oxygen atoms in total. The minimum atomic E-state index is -4.62. The first-order valence-electron chi connectivity index (χ1n) is 6.24. The average molecular weight is 363 g/mol. The first-order valence-corrected chi connectivity index (χ1v) is 7.06. The Bertz CT molecular complexity index is 750. The molecule has 2 aromatic rings. The maximum Gasteiger partial charge on any atom is 0.445 e. The number of hydrogen-bond donors (Lipinski definition) is 3. The van der Waals surface area contributed by atoms with Crippen molar-refractivity contribution in [3.8, 4) is 11.5 Å². The second-order valence-corrected chi connectivity index (χ2v) is 5.26. The van der Waals surface area contributed by atoms with Gasteiger partial charge in [-0.1, -0.05) is 11.3 Å². The summed E-state index contributed by atoms with van der Waals surface area (Å²) < 4.78 is 47.4. The van der Waals surface area contributed by atoms with Gasteiger partial charge in [0.25, 0.3) is 0 Å². The number of alkyl halides is 3. The highest BCUT2D eigenvalue weighted by molar-refractivity contribution is 7.15. The van der Waals surface area contributed by atoms with Gasteiger partial charge in [-0.2, -0.15) is 13.2 Å². The number of nitrogens with one attached hydrogen (secondary N) is 2. The molecule has 12 heteroatoms. The summed E-state index contributed by atoms with van der Waals surface area (Å²) in [5.41, 5.74) is 6.18. The van der Waals surface area contributed by atoms with Gasteiger partial charge in [0.05, 0.1) is 25.6 Å². The zero-order valence-corrected chi connectivity index (χ0v) is 13.2. The molecular formula is C12H12F3N5O3S. The number of methoxy groups -OCH3 is 2. The van der Waals surface area contributed by atoms with Crippen molar-refractivity contribution >= 4 is 33.9 Å². The van der Waals surface area contributed by atoms with Gasteiger partial charge in [-0.05, 0) is 6.07 Å². The van der Waals surface area contributed by atoms with E-state index in [4.69, 9.17) is 15.2 Å². The van der Waals surface area contributed by atoms with Gasteiger partial charge in [0.15, 0.2) is 0 Å². The van der Waals surface area contributed by atoms with E-state index in [9.17, 15) is 18.0 Å². The van der Waals surface area contributed by atoms with Crippen LogP contribution in [0.15, 0.2) is 12.1 Å². The summed E-state index contributed by atoms with van der Waals surface area (Å²) in [6.45, 7) is 0. The lowest BCUT2D eigenvalue weighted by Crippen LogP contribution is -2.20. The van der Waals surface area contributed by atoms with E-state index in [0.29, 0.717) is 5.75 Å². The van der Waals surface area contributed by atoms with Gasteiger partial charge >= 0.3 is 12.2 Å². The van der Waals surface area contributed by atoms with Crippen molar-refractivity contribution < 1.29 is 27.4 Å². The van der Waals surface area contributed by atoms with Gasteiger partial charge in [-0.15, -0.1) is 10.2 Å². The molecule has 1 aromatic carbocycles. The lowest BCUT2D eigenvalue weighted by atomic mass is 10.2. The van der Waals surface area contributed by atoms with Crippen LogP contribution in [0, 0.1) is 0 Å². The zero-order chi connectivity index (χ0) is 17.9. The van der Waals surface area contributed by atoms with Crippen LogP contribution in [-0.2, 0) is 6.18 Å². The Hall–Kier alpha value is -2.76. The summed E-state index contributed by atoms with van der Waals surface area (Å²) in [4.78, 5) is 11.9. The fraction of sp³-hybridized carbons (Fsp3) is 0.250. The summed E-state index contributed by atoms with van der Waals surface area (Å²) in [6.07, 6.45) is -4.62. The van der Waals surface area contributed by atoms with Crippen LogP contribution in [-0.4, -0.2) is 30.4 Å². The quantitative estimate of drug-likeness (QED) is 0.720. The number of carbonyl (C=O) groups excluding carboxylic acids is 1. The van der Waals surface area contributed by atoms with Gasteiger partial charge < -0.3 is 20.5 Å². The highest BCUT2D eigenvalue weighted by atomic mass is 32.1. The number of aromatic nitrogens is 2. The zero-order valence-electron chi connectivity index (χ0n) is 12.4. The summed E-state index contributed by atoms with van der Waals surface area (Å²) in [5, 5.41) is 9.29. The van der Waals surface area contributed by atoms with E-state index in [1.165, 1.54) is 26.4 Å². The van der Waals surface area contributed by atoms with Crippen molar-refractivity contribution in [2.45, 2.75) is 6.18 Å². The second kappa shape index (κ2) is 6.78. The van der Waals surface area contributed by atoms with Crippen LogP contribution in [0.1, 0.15) is 5.01 Å². The normalized spacial score (nSPS) is 11.0. The lowest BCUT2D eigenvalue weighted by molar-refractivity contribution is -0.138. The van der Waals surface area contributed by atoms with Crippen molar-refractivity contribution in [3.63, 3.8) is 0 Å². The molecule has 2 amide bonds. The average Bonchev–Trinajstić information content (AvgIpc) is 2.96. The second-order valence-electron chi connectivity index (χ2n) is 4.28. The molecule has 0 atom stereocenters. The molecule has 4 N–H and O–H groups in total. The Labute approximate surface area is 137 Å². The highest BCUT2D eigenvalue weighted by Gasteiger charge is 2.35. The Balaban J connectivity index is 2.12. The molecule has 1 heterocycles. The Morgan fingerprint density at radius 3 is 2.38 bits per heavy atom. The largest absolute Gasteiger partial charge is 0.494 e. The maximum atomic E-state index is 12.4. The third kappa shape index (κ3) is 3.95. The van der Waals surface area contributed by atoms with E-state index in [1.54, 1.807) is 0 Å². The number of hydrogen-bond acceptors (Lipinski definition) is 7. The molecule has 0 bridgehead atoms. The van der Waals surface area contributed by atoms with Crippen LogP contribution in [0.2, 0.25) is 0 Å². The first-order chi connectivity index (χ1) is 11.2. The molecule has 0 aliphatic heterocycles. The molecule has 0 saturated heterocycles. The van der Waals surface area contributed by atoms with E-state index in [1.807, 2.05) is 0 Å². The summed E-state index contributed by atoms with van der Waals surface area (Å²) in [6, 6.07) is 2.01. The molecule has 0 aliphatic carbocycles. The number of benzene rings is 1. The molecule has 0 aliphatic rings. The van der Waals surface area contributed by atoms with E-state index in [2.05, 4.69) is 20.8 Å². The Morgan fingerprint density at radius 2 is 1.83 bits per heavy atom. The first kappa shape index (κ1) is 17.6. The van der Waals surface area contributed by atoms with Gasteiger partial charge in [0.2, 0.25) is 10.1 Å². The molecule has 0 radical (unpaired) electrons. The van der Waals surface area contributed by atoms with E-state index >= 15 is 0 Å². The SMILES string of the molecule is COc1cc(OC)c(NC(=O)Nc2nnc(C(F)(F)F)s2)cc1N. The fourth-order valence-corrected chi connectivity index (χ4v) is 2.27. The van der Waals surface area contributed by atoms with E-state index < -0.39 is 17.2 Å². The number of ether oxygens (including phenoxy) is 2. The van der Waals surface area contributed by atoms with Gasteiger partial charge in [0.1, 0.15) is 11.5 Å². The van der Waals surface area contributed by atoms with Crippen LogP contribution in [0.4, 0.5) is 34.5 Å². The topological polar surface area (TPSA) is 111 Å². The number of anilines is 3. The van der Waals surface area contributed by atoms with Crippen molar-refractivity contribution in [3.05, 3.63) is 17.1 Å². The molecule has 2 rings (SSSR count). The molecule has 24 heavy (non-hydrogen) atoms. The van der Waals surface area contributed by atoms with Gasteiger partial charge in [-0.25, -0.2) is 4.79 Å². The minimum absolute atomic E-state index is 0.203. The standard InChI is InChI=1S/C12H12F3N5O3S/c1-22-7-4-8(23-2)6(3-5(7)16)17-10(21)18-11-20-19-9(24-11)12(13,14)15/h3-4H,16H2,1-2H3,(H2,17,18,20,21). The molecule has 0 spiro atoms. The van der Waals surface area contributed by atoms with Crippen LogP contribution in [0.3, 0.4) is 0 Å². The molecule has 1 aromatic heterocycles. The van der Waals surface area contributed by atoms with Crippen molar-refractivity contribution in [2.24, 2.45) is 0 Å². The fourth-order valence-electron chi connectivity index (χ4n) is 1.66. The number of nitrogens with two attached hydrogens (primary N) is 1. The van der Waals surface area contributed by atoms with Crippen LogP contribution in [0.5, 0.6) is 11.5 Å². The molecule has 0 saturated carbocycles. The number of carbonyl (C=O) groups is 1. The molecule has 0 unspecified atom stereocenters. The maximum absolute atomic E-state index is 12.4. The van der Waals surface area contributed by atoms with Gasteiger partial charge in [-0.3, -0.25) is 5.32 Å². The van der Waals surface area contributed by atoms with Crippen LogP contribution in [0.25, 0.3) is 0 Å². The van der Waals surface area contributed by atoms with Crippen molar-refractivity contribution in [1.82, 2.24) is 10.2 Å². The predicted octanol–water partition coefficient (Wildman–Crippen LogP) is 2.80. The molecule has 130 valence electrons. The Morgan fingerprint density at radius 1 is 1.17 bits per heavy atom. The minimum Gasteiger partial charge on any atom is -0.494 e. The smallest absolute Gasteiger partial charge is 0.445 e. The third-order valence-corrected chi connectivity index (χ3v) is 3.57. The number of urea groups is 1. The number of amides is 2. The number of halogens is 3. The van der Waals surface area contributed by atoms with E-state index in [-0.39, 0.29) is 33.6 Å². The van der Waals surface area contributed by atoms with Crippen LogP contribution >= 0.6 is 11.3 Å². The van der Waals surface area contributed by atoms with Gasteiger partial charge in [0, 0.05) is 6.07 Å². The lowest BCUT2D eigenvalue weighted by Gasteiger charge is -2.13. The van der Waals surface area contributed by atoms with Crippen molar-refractivity contribution in [2.75, 3.05) is 30.6 Å².